The van der Waals surface area contributed by atoms with Crippen molar-refractivity contribution in [3.63, 3.8) is 0 Å². The van der Waals surface area contributed by atoms with Gasteiger partial charge in [0.05, 0.1) is 0 Å². The van der Waals surface area contributed by atoms with E-state index in [1.165, 1.54) is 22.2 Å². The third-order valence-electron chi connectivity index (χ3n) is 3.73. The first kappa shape index (κ1) is 12.7. The second kappa shape index (κ2) is 5.33. The average molecular weight is 262 g/mol. The van der Waals surface area contributed by atoms with E-state index >= 15 is 0 Å². The van der Waals surface area contributed by atoms with Crippen molar-refractivity contribution in [2.24, 2.45) is 0 Å². The molecule has 2 aromatic heterocycles. The predicted octanol–water partition coefficient (Wildman–Crippen LogP) is 4.12. The molecule has 0 N–H and O–H groups in total. The molecular weight excluding hydrogens is 244 g/mol. The van der Waals surface area contributed by atoms with Crippen LogP contribution in [0.4, 0.5) is 0 Å². The van der Waals surface area contributed by atoms with Gasteiger partial charge in [-0.1, -0.05) is 36.4 Å². The molecule has 0 fully saturated rings. The Hall–Kier alpha value is -2.35. The largest absolute Gasteiger partial charge is 0.325 e. The van der Waals surface area contributed by atoms with Gasteiger partial charge < -0.3 is 4.57 Å². The Morgan fingerprint density at radius 3 is 2.70 bits per heavy atom. The first-order chi connectivity index (χ1) is 9.81. The number of pyridine rings is 1. The second-order valence-electron chi connectivity index (χ2n) is 5.01. The minimum absolute atomic E-state index is 0.853. The van der Waals surface area contributed by atoms with Crippen LogP contribution >= 0.6 is 0 Å². The summed E-state index contributed by atoms with van der Waals surface area (Å²) >= 11 is 0. The van der Waals surface area contributed by atoms with Crippen LogP contribution in [-0.2, 0) is 13.0 Å². The lowest BCUT2D eigenvalue weighted by molar-refractivity contribution is 0.775. The molecule has 0 aliphatic rings. The number of aromatic nitrogens is 2. The molecule has 2 heteroatoms. The van der Waals surface area contributed by atoms with Gasteiger partial charge in [0.1, 0.15) is 5.65 Å². The fourth-order valence-electron chi connectivity index (χ4n) is 2.73. The van der Waals surface area contributed by atoms with Crippen molar-refractivity contribution in [2.45, 2.75) is 19.9 Å². The van der Waals surface area contributed by atoms with Crippen LogP contribution in [0, 0.1) is 6.92 Å². The fraction of sp³-hybridized carbons (Fsp3) is 0.167. The summed E-state index contributed by atoms with van der Waals surface area (Å²) in [7, 11) is 0. The van der Waals surface area contributed by atoms with Crippen molar-refractivity contribution in [1.29, 1.82) is 0 Å². The van der Waals surface area contributed by atoms with Crippen LogP contribution in [0.5, 0.6) is 0 Å². The van der Waals surface area contributed by atoms with Crippen LogP contribution in [0.15, 0.2) is 61.3 Å². The molecule has 2 heterocycles. The van der Waals surface area contributed by atoms with Crippen molar-refractivity contribution >= 4 is 11.0 Å². The number of nitrogens with zero attached hydrogens (tertiary/aromatic N) is 2. The molecule has 0 saturated heterocycles. The highest BCUT2D eigenvalue weighted by molar-refractivity contribution is 5.82. The van der Waals surface area contributed by atoms with Crippen molar-refractivity contribution in [3.05, 3.63) is 78.1 Å². The molecule has 2 nitrogen and oxygen atoms in total. The number of hydrogen-bond acceptors (Lipinski definition) is 1. The van der Waals surface area contributed by atoms with Gasteiger partial charge >= 0.3 is 0 Å². The number of hydrogen-bond donors (Lipinski definition) is 0. The van der Waals surface area contributed by atoms with E-state index in [2.05, 4.69) is 53.4 Å². The third kappa shape index (κ3) is 2.14. The van der Waals surface area contributed by atoms with E-state index in [0.29, 0.717) is 0 Å². The first-order valence-corrected chi connectivity index (χ1v) is 6.88. The summed E-state index contributed by atoms with van der Waals surface area (Å²) in [6.45, 7) is 6.91. The minimum Gasteiger partial charge on any atom is -0.325 e. The Kier molecular flexibility index (Phi) is 3.38. The Morgan fingerprint density at radius 2 is 1.95 bits per heavy atom. The van der Waals surface area contributed by atoms with Crippen LogP contribution < -0.4 is 0 Å². The van der Waals surface area contributed by atoms with E-state index < -0.39 is 0 Å². The zero-order valence-corrected chi connectivity index (χ0v) is 11.7. The minimum atomic E-state index is 0.853. The third-order valence-corrected chi connectivity index (χ3v) is 3.73. The molecule has 0 atom stereocenters. The summed E-state index contributed by atoms with van der Waals surface area (Å²) in [5.74, 6) is 0. The highest BCUT2D eigenvalue weighted by Crippen LogP contribution is 2.25. The van der Waals surface area contributed by atoms with Gasteiger partial charge in [0.25, 0.3) is 0 Å². The van der Waals surface area contributed by atoms with E-state index in [0.717, 1.165) is 18.6 Å². The maximum absolute atomic E-state index is 4.57. The smallest absolute Gasteiger partial charge is 0.140 e. The van der Waals surface area contributed by atoms with E-state index in [1.54, 1.807) is 0 Å². The molecule has 0 aliphatic heterocycles. The molecule has 0 radical (unpaired) electrons. The lowest BCUT2D eigenvalue weighted by atomic mass is 10.1. The van der Waals surface area contributed by atoms with Gasteiger partial charge in [-0.05, 0) is 30.2 Å². The van der Waals surface area contributed by atoms with Crippen LogP contribution in [0.1, 0.15) is 16.8 Å². The fourth-order valence-corrected chi connectivity index (χ4v) is 2.73. The molecule has 0 unspecified atom stereocenters. The SMILES string of the molecule is C=CCc1c(C)c2cccnc2n1Cc1ccccc1. The summed E-state index contributed by atoms with van der Waals surface area (Å²) in [6, 6.07) is 14.7. The molecule has 0 bridgehead atoms. The summed E-state index contributed by atoms with van der Waals surface area (Å²) in [4.78, 5) is 4.57. The first-order valence-electron chi connectivity index (χ1n) is 6.88. The van der Waals surface area contributed by atoms with Crippen LogP contribution in [0.2, 0.25) is 0 Å². The molecule has 0 aliphatic carbocycles. The standard InChI is InChI=1S/C18H18N2/c1-3-8-17-14(2)16-11-7-12-19-18(16)20(17)13-15-9-5-4-6-10-15/h3-7,9-12H,1,8,13H2,2H3. The molecule has 0 amide bonds. The van der Waals surface area contributed by atoms with Crippen LogP contribution in [-0.4, -0.2) is 9.55 Å². The van der Waals surface area contributed by atoms with E-state index in [-0.39, 0.29) is 0 Å². The van der Waals surface area contributed by atoms with Gasteiger partial charge in [0.2, 0.25) is 0 Å². The van der Waals surface area contributed by atoms with Crippen molar-refractivity contribution in [2.75, 3.05) is 0 Å². The summed E-state index contributed by atoms with van der Waals surface area (Å²) < 4.78 is 2.31. The van der Waals surface area contributed by atoms with Gasteiger partial charge in [-0.2, -0.15) is 0 Å². The number of fused-ring (bicyclic) bond motifs is 1. The molecule has 0 saturated carbocycles. The topological polar surface area (TPSA) is 17.8 Å². The normalized spacial score (nSPS) is 10.8. The van der Waals surface area contributed by atoms with Gasteiger partial charge in [-0.25, -0.2) is 4.98 Å². The van der Waals surface area contributed by atoms with Crippen molar-refractivity contribution in [1.82, 2.24) is 9.55 Å². The maximum atomic E-state index is 4.57. The molecule has 3 aromatic rings. The lowest BCUT2D eigenvalue weighted by Crippen LogP contribution is -2.05. The maximum Gasteiger partial charge on any atom is 0.140 e. The van der Waals surface area contributed by atoms with Gasteiger partial charge in [-0.3, -0.25) is 0 Å². The van der Waals surface area contributed by atoms with Gasteiger partial charge in [0.15, 0.2) is 0 Å². The summed E-state index contributed by atoms with van der Waals surface area (Å²) in [5.41, 5.74) is 4.97. The van der Waals surface area contributed by atoms with E-state index in [9.17, 15) is 0 Å². The highest BCUT2D eigenvalue weighted by Gasteiger charge is 2.13. The quantitative estimate of drug-likeness (QED) is 0.647. The van der Waals surface area contributed by atoms with Crippen molar-refractivity contribution in [3.8, 4) is 0 Å². The number of allylic oxidation sites excluding steroid dienone is 1. The zero-order valence-electron chi connectivity index (χ0n) is 11.7. The summed E-state index contributed by atoms with van der Waals surface area (Å²) in [6.07, 6.45) is 4.69. The second-order valence-corrected chi connectivity index (χ2v) is 5.01. The summed E-state index contributed by atoms with van der Waals surface area (Å²) in [5, 5.41) is 1.24. The lowest BCUT2D eigenvalue weighted by Gasteiger charge is -2.09. The Bertz CT molecular complexity index is 739. The predicted molar refractivity (Wildman–Crippen MR) is 83.9 cm³/mol. The Balaban J connectivity index is 2.17. The molecule has 3 rings (SSSR count). The van der Waals surface area contributed by atoms with E-state index in [1.807, 2.05) is 24.4 Å². The Morgan fingerprint density at radius 1 is 1.15 bits per heavy atom. The monoisotopic (exact) mass is 262 g/mol. The number of rotatable bonds is 4. The number of benzene rings is 1. The van der Waals surface area contributed by atoms with Gasteiger partial charge in [-0.15, -0.1) is 6.58 Å². The molecule has 0 spiro atoms. The molecule has 100 valence electrons. The van der Waals surface area contributed by atoms with Crippen LogP contribution in [0.25, 0.3) is 11.0 Å². The Labute approximate surface area is 119 Å². The molecular formula is C18H18N2. The van der Waals surface area contributed by atoms with E-state index in [4.69, 9.17) is 0 Å². The molecule has 20 heavy (non-hydrogen) atoms. The van der Waals surface area contributed by atoms with Crippen molar-refractivity contribution < 1.29 is 0 Å². The number of aryl methyl sites for hydroxylation is 1. The molecule has 1 aromatic carbocycles. The van der Waals surface area contributed by atoms with Crippen LogP contribution in [0.3, 0.4) is 0 Å². The average Bonchev–Trinajstić information content (AvgIpc) is 2.75. The zero-order chi connectivity index (χ0) is 13.9. The highest BCUT2D eigenvalue weighted by atomic mass is 15.0. The van der Waals surface area contributed by atoms with Gasteiger partial charge in [0, 0.05) is 30.2 Å².